The Kier molecular flexibility index (Phi) is 4.60. The van der Waals surface area contributed by atoms with E-state index in [0.29, 0.717) is 0 Å². The summed E-state index contributed by atoms with van der Waals surface area (Å²) in [7, 11) is 1.99. The first kappa shape index (κ1) is 14.5. The van der Waals surface area contributed by atoms with Crippen molar-refractivity contribution in [3.05, 3.63) is 50.4 Å². The Morgan fingerprint density at radius 1 is 1.42 bits per heavy atom. The van der Waals surface area contributed by atoms with E-state index in [4.69, 9.17) is 5.73 Å². The molecule has 1 aromatic carbocycles. The molecule has 0 saturated carbocycles. The second kappa shape index (κ2) is 6.03. The van der Waals surface area contributed by atoms with Gasteiger partial charge in [-0.15, -0.1) is 11.3 Å². The van der Waals surface area contributed by atoms with Crippen LogP contribution in [-0.4, -0.2) is 7.05 Å². The first-order chi connectivity index (χ1) is 8.97. The summed E-state index contributed by atoms with van der Waals surface area (Å²) in [5.74, 6) is -0.247. The van der Waals surface area contributed by atoms with Gasteiger partial charge in [-0.1, -0.05) is 0 Å². The predicted molar refractivity (Wildman–Crippen MR) is 83.1 cm³/mol. The van der Waals surface area contributed by atoms with Gasteiger partial charge in [0.2, 0.25) is 0 Å². The maximum atomic E-state index is 13.3. The Bertz CT molecular complexity index is 568. The number of nitrogens with zero attached hydrogens (tertiary/aromatic N) is 1. The highest BCUT2D eigenvalue weighted by Gasteiger charge is 2.13. The summed E-state index contributed by atoms with van der Waals surface area (Å²) in [6, 6.07) is 6.68. The van der Waals surface area contributed by atoms with Crippen molar-refractivity contribution in [2.24, 2.45) is 5.73 Å². The molecular weight excluding hydrogens is 327 g/mol. The highest BCUT2D eigenvalue weighted by atomic mass is 79.9. The van der Waals surface area contributed by atoms with Crippen molar-refractivity contribution < 1.29 is 4.39 Å². The fourth-order valence-corrected chi connectivity index (χ4v) is 3.50. The van der Waals surface area contributed by atoms with Crippen LogP contribution in [0, 0.1) is 5.82 Å². The molecular formula is C14H16BrFN2S. The Morgan fingerprint density at radius 2 is 2.16 bits per heavy atom. The standard InChI is InChI=1S/C14H16BrFN2S/c1-9(17)13-6-11(16)3-4-14(13)18(2)7-12-5-10(15)8-19-12/h3-6,8-9H,7,17H2,1-2H3. The largest absolute Gasteiger partial charge is 0.369 e. The molecule has 2 N–H and O–H groups in total. The van der Waals surface area contributed by atoms with Crippen LogP contribution >= 0.6 is 27.3 Å². The zero-order chi connectivity index (χ0) is 14.0. The number of nitrogens with two attached hydrogens (primary N) is 1. The lowest BCUT2D eigenvalue weighted by Gasteiger charge is -2.23. The van der Waals surface area contributed by atoms with Crippen LogP contribution in [-0.2, 0) is 6.54 Å². The van der Waals surface area contributed by atoms with Gasteiger partial charge in [0.1, 0.15) is 5.82 Å². The number of thiophene rings is 1. The molecule has 1 atom stereocenters. The second-order valence-electron chi connectivity index (χ2n) is 4.58. The topological polar surface area (TPSA) is 29.3 Å². The van der Waals surface area contributed by atoms with Gasteiger partial charge in [0.15, 0.2) is 0 Å². The summed E-state index contributed by atoms with van der Waals surface area (Å²) in [4.78, 5) is 3.34. The molecule has 0 fully saturated rings. The van der Waals surface area contributed by atoms with Crippen LogP contribution in [0.25, 0.3) is 0 Å². The highest BCUT2D eigenvalue weighted by Crippen LogP contribution is 2.28. The summed E-state index contributed by atoms with van der Waals surface area (Å²) in [6.45, 7) is 2.65. The second-order valence-corrected chi connectivity index (χ2v) is 6.49. The smallest absolute Gasteiger partial charge is 0.123 e. The molecule has 1 unspecified atom stereocenters. The van der Waals surface area contributed by atoms with Gasteiger partial charge in [0.25, 0.3) is 0 Å². The van der Waals surface area contributed by atoms with Crippen molar-refractivity contribution in [2.75, 3.05) is 11.9 Å². The monoisotopic (exact) mass is 342 g/mol. The van der Waals surface area contributed by atoms with Crippen LogP contribution < -0.4 is 10.6 Å². The van der Waals surface area contributed by atoms with E-state index in [2.05, 4.69) is 32.3 Å². The van der Waals surface area contributed by atoms with Crippen LogP contribution in [0.4, 0.5) is 10.1 Å². The summed E-state index contributed by atoms with van der Waals surface area (Å²) in [5.41, 5.74) is 7.73. The summed E-state index contributed by atoms with van der Waals surface area (Å²) in [6.07, 6.45) is 0. The lowest BCUT2D eigenvalue weighted by Crippen LogP contribution is -2.19. The van der Waals surface area contributed by atoms with Crippen molar-refractivity contribution in [3.8, 4) is 0 Å². The van der Waals surface area contributed by atoms with Crippen LogP contribution in [0.2, 0.25) is 0 Å². The Balaban J connectivity index is 2.25. The maximum Gasteiger partial charge on any atom is 0.123 e. The zero-order valence-electron chi connectivity index (χ0n) is 10.9. The van der Waals surface area contributed by atoms with Gasteiger partial charge in [0, 0.05) is 33.5 Å². The first-order valence-electron chi connectivity index (χ1n) is 5.96. The molecule has 0 radical (unpaired) electrons. The van der Waals surface area contributed by atoms with Crippen LogP contribution in [0.3, 0.4) is 0 Å². The molecule has 2 aromatic rings. The number of rotatable bonds is 4. The average molecular weight is 343 g/mol. The van der Waals surface area contributed by atoms with E-state index in [9.17, 15) is 4.39 Å². The van der Waals surface area contributed by atoms with E-state index in [1.165, 1.54) is 17.0 Å². The minimum atomic E-state index is -0.247. The van der Waals surface area contributed by atoms with E-state index < -0.39 is 0 Å². The SMILES string of the molecule is CC(N)c1cc(F)ccc1N(C)Cc1cc(Br)cs1. The highest BCUT2D eigenvalue weighted by molar-refractivity contribution is 9.10. The maximum absolute atomic E-state index is 13.3. The van der Waals surface area contributed by atoms with Gasteiger partial charge in [-0.25, -0.2) is 4.39 Å². The van der Waals surface area contributed by atoms with E-state index in [-0.39, 0.29) is 11.9 Å². The molecule has 0 aliphatic rings. The molecule has 5 heteroatoms. The Morgan fingerprint density at radius 3 is 2.74 bits per heavy atom. The molecule has 2 nitrogen and oxygen atoms in total. The normalized spacial score (nSPS) is 12.5. The fraction of sp³-hybridized carbons (Fsp3) is 0.286. The number of halogens is 2. The quantitative estimate of drug-likeness (QED) is 0.897. The van der Waals surface area contributed by atoms with Crippen molar-refractivity contribution in [1.29, 1.82) is 0 Å². The van der Waals surface area contributed by atoms with E-state index in [0.717, 1.165) is 22.3 Å². The van der Waals surface area contributed by atoms with Gasteiger partial charge in [-0.2, -0.15) is 0 Å². The molecule has 0 aliphatic heterocycles. The van der Waals surface area contributed by atoms with Gasteiger partial charge >= 0.3 is 0 Å². The predicted octanol–water partition coefficient (Wildman–Crippen LogP) is 4.31. The van der Waals surface area contributed by atoms with Gasteiger partial charge < -0.3 is 10.6 Å². The Labute approximate surface area is 125 Å². The average Bonchev–Trinajstić information content (AvgIpc) is 2.74. The third kappa shape index (κ3) is 3.55. The minimum absolute atomic E-state index is 0.191. The van der Waals surface area contributed by atoms with Gasteiger partial charge in [-0.05, 0) is 52.7 Å². The summed E-state index contributed by atoms with van der Waals surface area (Å²) >= 11 is 5.14. The number of hydrogen-bond acceptors (Lipinski definition) is 3. The molecule has 0 saturated heterocycles. The van der Waals surface area contributed by atoms with Crippen molar-refractivity contribution in [2.45, 2.75) is 19.5 Å². The fourth-order valence-electron chi connectivity index (χ4n) is 1.99. The molecule has 0 aliphatic carbocycles. The molecule has 1 heterocycles. The Hall–Kier alpha value is -0.910. The molecule has 2 rings (SSSR count). The molecule has 0 bridgehead atoms. The molecule has 19 heavy (non-hydrogen) atoms. The third-order valence-corrected chi connectivity index (χ3v) is 4.59. The van der Waals surface area contributed by atoms with Crippen molar-refractivity contribution >= 4 is 33.0 Å². The van der Waals surface area contributed by atoms with E-state index >= 15 is 0 Å². The van der Waals surface area contributed by atoms with Gasteiger partial charge in [0.05, 0.1) is 6.54 Å². The lowest BCUT2D eigenvalue weighted by molar-refractivity contribution is 0.622. The van der Waals surface area contributed by atoms with Crippen molar-refractivity contribution in [3.63, 3.8) is 0 Å². The number of benzene rings is 1. The van der Waals surface area contributed by atoms with Gasteiger partial charge in [-0.3, -0.25) is 0 Å². The minimum Gasteiger partial charge on any atom is -0.369 e. The number of hydrogen-bond donors (Lipinski definition) is 1. The third-order valence-electron chi connectivity index (χ3n) is 2.91. The molecule has 102 valence electrons. The van der Waals surface area contributed by atoms with E-state index in [1.54, 1.807) is 17.4 Å². The first-order valence-corrected chi connectivity index (χ1v) is 7.63. The molecule has 0 amide bonds. The van der Waals surface area contributed by atoms with Crippen LogP contribution in [0.5, 0.6) is 0 Å². The molecule has 0 spiro atoms. The van der Waals surface area contributed by atoms with Crippen LogP contribution in [0.15, 0.2) is 34.1 Å². The van der Waals surface area contributed by atoms with Crippen LogP contribution in [0.1, 0.15) is 23.4 Å². The summed E-state index contributed by atoms with van der Waals surface area (Å²) < 4.78 is 14.4. The summed E-state index contributed by atoms with van der Waals surface area (Å²) in [5, 5.41) is 2.06. The zero-order valence-corrected chi connectivity index (χ0v) is 13.3. The van der Waals surface area contributed by atoms with Crippen molar-refractivity contribution in [1.82, 2.24) is 0 Å². The number of anilines is 1. The molecule has 1 aromatic heterocycles. The lowest BCUT2D eigenvalue weighted by atomic mass is 10.1. The van der Waals surface area contributed by atoms with E-state index in [1.807, 2.05) is 14.0 Å².